The van der Waals surface area contributed by atoms with Gasteiger partial charge in [-0.3, -0.25) is 5.10 Å². The van der Waals surface area contributed by atoms with E-state index in [1.54, 1.807) is 0 Å². The maximum Gasteiger partial charge on any atom is 0.315 e. The minimum absolute atomic E-state index is 0.0178. The monoisotopic (exact) mass is 264 g/mol. The highest BCUT2D eigenvalue weighted by Crippen LogP contribution is 2.17. The zero-order chi connectivity index (χ0) is 13.5. The molecular formula is C14H24N4O. The van der Waals surface area contributed by atoms with Crippen molar-refractivity contribution in [3.63, 3.8) is 0 Å². The molecule has 0 unspecified atom stereocenters. The van der Waals surface area contributed by atoms with Gasteiger partial charge in [-0.25, -0.2) is 4.79 Å². The van der Waals surface area contributed by atoms with E-state index in [0.717, 1.165) is 31.4 Å². The Hall–Kier alpha value is -1.52. The van der Waals surface area contributed by atoms with Crippen molar-refractivity contribution in [3.8, 4) is 0 Å². The molecule has 1 heterocycles. The van der Waals surface area contributed by atoms with Crippen LogP contribution in [-0.2, 0) is 6.42 Å². The SMILES string of the molecule is Cc1[nH]ncc1CCCNC(=O)NC1CCCCC1. The van der Waals surface area contributed by atoms with Crippen LogP contribution >= 0.6 is 0 Å². The number of aromatic nitrogens is 2. The number of urea groups is 1. The number of nitrogens with zero attached hydrogens (tertiary/aromatic N) is 1. The Balaban J connectivity index is 1.57. The van der Waals surface area contributed by atoms with Crippen molar-refractivity contribution in [3.05, 3.63) is 17.5 Å². The molecule has 0 aliphatic heterocycles. The molecule has 1 aliphatic rings. The molecule has 0 radical (unpaired) electrons. The second-order valence-corrected chi connectivity index (χ2v) is 5.36. The van der Waals surface area contributed by atoms with Crippen molar-refractivity contribution in [1.29, 1.82) is 0 Å². The number of aryl methyl sites for hydroxylation is 2. The number of nitrogens with one attached hydrogen (secondary N) is 3. The highest BCUT2D eigenvalue weighted by atomic mass is 16.2. The molecule has 1 fully saturated rings. The molecular weight excluding hydrogens is 240 g/mol. The van der Waals surface area contributed by atoms with Crippen LogP contribution in [0.2, 0.25) is 0 Å². The fourth-order valence-electron chi connectivity index (χ4n) is 2.59. The van der Waals surface area contributed by atoms with E-state index in [-0.39, 0.29) is 6.03 Å². The van der Waals surface area contributed by atoms with Gasteiger partial charge in [0.05, 0.1) is 6.20 Å². The molecule has 3 N–H and O–H groups in total. The standard InChI is InChI=1S/C14H24N4O/c1-11-12(10-16-18-11)6-5-9-15-14(19)17-13-7-3-2-4-8-13/h10,13H,2-9H2,1H3,(H,16,18)(H2,15,17,19). The summed E-state index contributed by atoms with van der Waals surface area (Å²) in [7, 11) is 0. The molecule has 1 aliphatic carbocycles. The lowest BCUT2D eigenvalue weighted by molar-refractivity contribution is 0.232. The van der Waals surface area contributed by atoms with Crippen LogP contribution in [0, 0.1) is 6.92 Å². The van der Waals surface area contributed by atoms with Gasteiger partial charge in [-0.1, -0.05) is 19.3 Å². The van der Waals surface area contributed by atoms with E-state index in [9.17, 15) is 4.79 Å². The molecule has 19 heavy (non-hydrogen) atoms. The van der Waals surface area contributed by atoms with Crippen LogP contribution in [0.1, 0.15) is 49.8 Å². The highest BCUT2D eigenvalue weighted by Gasteiger charge is 2.14. The molecule has 0 aromatic carbocycles. The van der Waals surface area contributed by atoms with Gasteiger partial charge in [0.2, 0.25) is 0 Å². The molecule has 2 amide bonds. The minimum Gasteiger partial charge on any atom is -0.338 e. The fraction of sp³-hybridized carbons (Fsp3) is 0.714. The van der Waals surface area contributed by atoms with Gasteiger partial charge < -0.3 is 10.6 Å². The smallest absolute Gasteiger partial charge is 0.315 e. The number of carbonyl (C=O) groups excluding carboxylic acids is 1. The number of amides is 2. The lowest BCUT2D eigenvalue weighted by Gasteiger charge is -2.22. The van der Waals surface area contributed by atoms with Gasteiger partial charge in [-0.05, 0) is 38.2 Å². The number of aromatic amines is 1. The Kier molecular flexibility index (Phi) is 5.24. The molecule has 1 aromatic heterocycles. The van der Waals surface area contributed by atoms with E-state index in [2.05, 4.69) is 20.8 Å². The van der Waals surface area contributed by atoms with E-state index in [1.165, 1.54) is 24.8 Å². The number of rotatable bonds is 5. The summed E-state index contributed by atoms with van der Waals surface area (Å²) in [6.45, 7) is 2.73. The van der Waals surface area contributed by atoms with Crippen molar-refractivity contribution in [1.82, 2.24) is 20.8 Å². The average Bonchev–Trinajstić information content (AvgIpc) is 2.81. The van der Waals surface area contributed by atoms with Crippen molar-refractivity contribution < 1.29 is 4.79 Å². The van der Waals surface area contributed by atoms with E-state index >= 15 is 0 Å². The van der Waals surface area contributed by atoms with E-state index in [4.69, 9.17) is 0 Å². The summed E-state index contributed by atoms with van der Waals surface area (Å²) >= 11 is 0. The zero-order valence-electron chi connectivity index (χ0n) is 11.7. The summed E-state index contributed by atoms with van der Waals surface area (Å²) in [5, 5.41) is 12.9. The van der Waals surface area contributed by atoms with Crippen LogP contribution in [-0.4, -0.2) is 28.8 Å². The Labute approximate surface area is 114 Å². The van der Waals surface area contributed by atoms with E-state index < -0.39 is 0 Å². The third-order valence-electron chi connectivity index (χ3n) is 3.78. The fourth-order valence-corrected chi connectivity index (χ4v) is 2.59. The molecule has 0 spiro atoms. The molecule has 106 valence electrons. The highest BCUT2D eigenvalue weighted by molar-refractivity contribution is 5.74. The normalized spacial score (nSPS) is 16.3. The molecule has 0 saturated heterocycles. The first-order valence-corrected chi connectivity index (χ1v) is 7.29. The van der Waals surface area contributed by atoms with Crippen LogP contribution < -0.4 is 10.6 Å². The topological polar surface area (TPSA) is 69.8 Å². The van der Waals surface area contributed by atoms with Gasteiger partial charge in [0.25, 0.3) is 0 Å². The van der Waals surface area contributed by atoms with Gasteiger partial charge in [-0.15, -0.1) is 0 Å². The Morgan fingerprint density at radius 3 is 2.89 bits per heavy atom. The van der Waals surface area contributed by atoms with Gasteiger partial charge in [0, 0.05) is 18.3 Å². The summed E-state index contributed by atoms with van der Waals surface area (Å²) in [4.78, 5) is 11.7. The maximum atomic E-state index is 11.7. The molecule has 5 nitrogen and oxygen atoms in total. The lowest BCUT2D eigenvalue weighted by atomic mass is 9.96. The van der Waals surface area contributed by atoms with Crippen molar-refractivity contribution in [2.24, 2.45) is 0 Å². The summed E-state index contributed by atoms with van der Waals surface area (Å²) < 4.78 is 0. The van der Waals surface area contributed by atoms with Gasteiger partial charge >= 0.3 is 6.03 Å². The summed E-state index contributed by atoms with van der Waals surface area (Å²) in [5.41, 5.74) is 2.35. The minimum atomic E-state index is -0.0178. The van der Waals surface area contributed by atoms with E-state index in [0.29, 0.717) is 12.6 Å². The third kappa shape index (κ3) is 4.58. The first-order chi connectivity index (χ1) is 9.25. The van der Waals surface area contributed by atoms with Crippen LogP contribution in [0.15, 0.2) is 6.20 Å². The quantitative estimate of drug-likeness (QED) is 0.714. The Morgan fingerprint density at radius 1 is 1.42 bits per heavy atom. The van der Waals surface area contributed by atoms with Crippen molar-refractivity contribution in [2.75, 3.05) is 6.54 Å². The van der Waals surface area contributed by atoms with Crippen molar-refractivity contribution >= 4 is 6.03 Å². The summed E-state index contributed by atoms with van der Waals surface area (Å²) in [6, 6.07) is 0.362. The van der Waals surface area contributed by atoms with E-state index in [1.807, 2.05) is 13.1 Å². The summed E-state index contributed by atoms with van der Waals surface area (Å²) in [6.07, 6.45) is 9.80. The predicted octanol–water partition coefficient (Wildman–Crippen LogP) is 2.28. The molecule has 1 saturated carbocycles. The number of hydrogen-bond acceptors (Lipinski definition) is 2. The Bertz CT molecular complexity index is 396. The largest absolute Gasteiger partial charge is 0.338 e. The lowest BCUT2D eigenvalue weighted by Crippen LogP contribution is -2.43. The molecule has 2 rings (SSSR count). The number of hydrogen-bond donors (Lipinski definition) is 3. The van der Waals surface area contributed by atoms with Gasteiger partial charge in [0.1, 0.15) is 0 Å². The Morgan fingerprint density at radius 2 is 2.21 bits per heavy atom. The zero-order valence-corrected chi connectivity index (χ0v) is 11.7. The van der Waals surface area contributed by atoms with Crippen LogP contribution in [0.4, 0.5) is 4.79 Å². The average molecular weight is 264 g/mol. The second kappa shape index (κ2) is 7.16. The van der Waals surface area contributed by atoms with Gasteiger partial charge in [0.15, 0.2) is 0 Å². The van der Waals surface area contributed by atoms with Gasteiger partial charge in [-0.2, -0.15) is 5.10 Å². The third-order valence-corrected chi connectivity index (χ3v) is 3.78. The summed E-state index contributed by atoms with van der Waals surface area (Å²) in [5.74, 6) is 0. The first-order valence-electron chi connectivity index (χ1n) is 7.29. The first kappa shape index (κ1) is 13.9. The van der Waals surface area contributed by atoms with Crippen LogP contribution in [0.3, 0.4) is 0 Å². The number of H-pyrrole nitrogens is 1. The molecule has 5 heteroatoms. The predicted molar refractivity (Wildman–Crippen MR) is 75.1 cm³/mol. The molecule has 0 bridgehead atoms. The number of carbonyl (C=O) groups is 1. The molecule has 1 aromatic rings. The van der Waals surface area contributed by atoms with Crippen LogP contribution in [0.25, 0.3) is 0 Å². The van der Waals surface area contributed by atoms with Crippen molar-refractivity contribution in [2.45, 2.75) is 57.9 Å². The molecule has 0 atom stereocenters. The second-order valence-electron chi connectivity index (χ2n) is 5.36. The van der Waals surface area contributed by atoms with Crippen LogP contribution in [0.5, 0.6) is 0 Å². The maximum absolute atomic E-state index is 11.7.